The lowest BCUT2D eigenvalue weighted by atomic mass is 10.1. The largest absolute Gasteiger partial charge is 0.457 e. The van der Waals surface area contributed by atoms with E-state index in [1.165, 1.54) is 0 Å². The van der Waals surface area contributed by atoms with Gasteiger partial charge in [0.2, 0.25) is 0 Å². The molecule has 0 saturated carbocycles. The molecule has 0 aliphatic rings. The topological polar surface area (TPSA) is 26.3 Å². The number of benzene rings is 3. The van der Waals surface area contributed by atoms with E-state index in [2.05, 4.69) is 15.9 Å². The van der Waals surface area contributed by atoms with Crippen LogP contribution in [0.2, 0.25) is 0 Å². The predicted octanol–water partition coefficient (Wildman–Crippen LogP) is 6.14. The van der Waals surface area contributed by atoms with Crippen molar-refractivity contribution < 1.29 is 9.53 Å². The minimum Gasteiger partial charge on any atom is -0.457 e. The van der Waals surface area contributed by atoms with Gasteiger partial charge in [-0.1, -0.05) is 52.3 Å². The van der Waals surface area contributed by atoms with Gasteiger partial charge in [0.15, 0.2) is 5.78 Å². The Balaban J connectivity index is 1.66. The summed E-state index contributed by atoms with van der Waals surface area (Å²) in [6.07, 6.45) is 3.39. The molecule has 0 amide bonds. The van der Waals surface area contributed by atoms with Crippen molar-refractivity contribution in [3.8, 4) is 11.5 Å². The van der Waals surface area contributed by atoms with E-state index in [1.807, 2.05) is 60.7 Å². The molecule has 118 valence electrons. The molecule has 0 saturated heterocycles. The third-order valence-electron chi connectivity index (χ3n) is 3.41. The monoisotopic (exact) mass is 378 g/mol. The maximum atomic E-state index is 12.2. The molecule has 0 unspecified atom stereocenters. The summed E-state index contributed by atoms with van der Waals surface area (Å²) in [5, 5.41) is 0. The van der Waals surface area contributed by atoms with Crippen molar-refractivity contribution in [1.29, 1.82) is 0 Å². The third-order valence-corrected chi connectivity index (χ3v) is 3.94. The van der Waals surface area contributed by atoms with Gasteiger partial charge in [-0.05, 0) is 60.2 Å². The van der Waals surface area contributed by atoms with Crippen LogP contribution in [0, 0.1) is 0 Å². The Morgan fingerprint density at radius 3 is 2.08 bits per heavy atom. The van der Waals surface area contributed by atoms with E-state index < -0.39 is 0 Å². The fourth-order valence-electron chi connectivity index (χ4n) is 2.15. The number of ether oxygens (including phenoxy) is 1. The van der Waals surface area contributed by atoms with E-state index in [4.69, 9.17) is 4.74 Å². The number of halogens is 1. The van der Waals surface area contributed by atoms with Crippen LogP contribution in [0.25, 0.3) is 6.08 Å². The van der Waals surface area contributed by atoms with Crippen LogP contribution in [-0.4, -0.2) is 5.78 Å². The molecule has 3 rings (SSSR count). The molecule has 0 radical (unpaired) electrons. The molecule has 0 aliphatic heterocycles. The first-order valence-electron chi connectivity index (χ1n) is 7.52. The standard InChI is InChI=1S/C21H15BrO2/c22-18-11-6-16(7-12-18)8-15-21(23)17-9-13-20(14-10-17)24-19-4-2-1-3-5-19/h1-15H/b15-8+. The van der Waals surface area contributed by atoms with Gasteiger partial charge in [-0.15, -0.1) is 0 Å². The summed E-state index contributed by atoms with van der Waals surface area (Å²) in [7, 11) is 0. The summed E-state index contributed by atoms with van der Waals surface area (Å²) < 4.78 is 6.73. The molecule has 3 aromatic rings. The van der Waals surface area contributed by atoms with Crippen LogP contribution in [0.5, 0.6) is 11.5 Å². The fraction of sp³-hybridized carbons (Fsp3) is 0. The van der Waals surface area contributed by atoms with Gasteiger partial charge in [-0.3, -0.25) is 4.79 Å². The lowest BCUT2D eigenvalue weighted by molar-refractivity contribution is 0.104. The zero-order valence-electron chi connectivity index (χ0n) is 12.9. The van der Waals surface area contributed by atoms with Crippen molar-refractivity contribution >= 4 is 27.8 Å². The van der Waals surface area contributed by atoms with Gasteiger partial charge in [0.1, 0.15) is 11.5 Å². The van der Waals surface area contributed by atoms with Crippen LogP contribution in [0.1, 0.15) is 15.9 Å². The summed E-state index contributed by atoms with van der Waals surface area (Å²) in [5.74, 6) is 1.44. The third kappa shape index (κ3) is 4.43. The van der Waals surface area contributed by atoms with E-state index in [9.17, 15) is 4.79 Å². The number of ketones is 1. The fourth-order valence-corrected chi connectivity index (χ4v) is 2.42. The zero-order valence-corrected chi connectivity index (χ0v) is 14.4. The van der Waals surface area contributed by atoms with Gasteiger partial charge in [-0.2, -0.15) is 0 Å². The van der Waals surface area contributed by atoms with Crippen LogP contribution in [0.3, 0.4) is 0 Å². The average molecular weight is 379 g/mol. The first kappa shape index (κ1) is 16.2. The second kappa shape index (κ2) is 7.75. The molecule has 0 heterocycles. The maximum Gasteiger partial charge on any atom is 0.185 e. The molecule has 0 aliphatic carbocycles. The normalized spacial score (nSPS) is 10.7. The second-order valence-corrected chi connectivity index (χ2v) is 6.10. The molecule has 0 spiro atoms. The highest BCUT2D eigenvalue weighted by atomic mass is 79.9. The number of carbonyl (C=O) groups is 1. The van der Waals surface area contributed by atoms with E-state index in [1.54, 1.807) is 30.3 Å². The molecular weight excluding hydrogens is 364 g/mol. The zero-order chi connectivity index (χ0) is 16.8. The highest BCUT2D eigenvalue weighted by molar-refractivity contribution is 9.10. The Kier molecular flexibility index (Phi) is 5.24. The minimum absolute atomic E-state index is 0.0378. The first-order valence-corrected chi connectivity index (χ1v) is 8.31. The molecule has 3 aromatic carbocycles. The van der Waals surface area contributed by atoms with Gasteiger partial charge >= 0.3 is 0 Å². The summed E-state index contributed by atoms with van der Waals surface area (Å²) >= 11 is 3.39. The predicted molar refractivity (Wildman–Crippen MR) is 100 cm³/mol. The summed E-state index contributed by atoms with van der Waals surface area (Å²) in [5.41, 5.74) is 1.61. The van der Waals surface area contributed by atoms with Crippen molar-refractivity contribution in [1.82, 2.24) is 0 Å². The van der Waals surface area contributed by atoms with Crippen LogP contribution in [0.4, 0.5) is 0 Å². The number of hydrogen-bond donors (Lipinski definition) is 0. The van der Waals surface area contributed by atoms with Crippen LogP contribution >= 0.6 is 15.9 Å². The number of hydrogen-bond acceptors (Lipinski definition) is 2. The average Bonchev–Trinajstić information content (AvgIpc) is 2.62. The van der Waals surface area contributed by atoms with E-state index in [-0.39, 0.29) is 5.78 Å². The smallest absolute Gasteiger partial charge is 0.185 e. The molecule has 24 heavy (non-hydrogen) atoms. The molecule has 3 heteroatoms. The van der Waals surface area contributed by atoms with Crippen LogP contribution in [-0.2, 0) is 0 Å². The SMILES string of the molecule is O=C(/C=C/c1ccc(Br)cc1)c1ccc(Oc2ccccc2)cc1. The van der Waals surface area contributed by atoms with E-state index in [0.717, 1.165) is 15.8 Å². The number of rotatable bonds is 5. The number of carbonyl (C=O) groups excluding carboxylic acids is 1. The number of para-hydroxylation sites is 1. The Morgan fingerprint density at radius 1 is 0.792 bits per heavy atom. The van der Waals surface area contributed by atoms with Crippen molar-refractivity contribution in [2.24, 2.45) is 0 Å². The lowest BCUT2D eigenvalue weighted by Crippen LogP contribution is -1.94. The molecule has 2 nitrogen and oxygen atoms in total. The van der Waals surface area contributed by atoms with E-state index >= 15 is 0 Å². The lowest BCUT2D eigenvalue weighted by Gasteiger charge is -2.05. The molecule has 0 fully saturated rings. The van der Waals surface area contributed by atoms with Gasteiger partial charge in [0.05, 0.1) is 0 Å². The molecule has 0 atom stereocenters. The Morgan fingerprint density at radius 2 is 1.42 bits per heavy atom. The summed E-state index contributed by atoms with van der Waals surface area (Å²) in [6.45, 7) is 0. The van der Waals surface area contributed by atoms with Crippen LogP contribution < -0.4 is 4.74 Å². The second-order valence-electron chi connectivity index (χ2n) is 5.19. The van der Waals surface area contributed by atoms with Crippen LogP contribution in [0.15, 0.2) is 89.4 Å². The highest BCUT2D eigenvalue weighted by Crippen LogP contribution is 2.21. The van der Waals surface area contributed by atoms with Crippen molar-refractivity contribution in [2.45, 2.75) is 0 Å². The Bertz CT molecular complexity index is 835. The van der Waals surface area contributed by atoms with Gasteiger partial charge in [-0.25, -0.2) is 0 Å². The van der Waals surface area contributed by atoms with Gasteiger partial charge in [0, 0.05) is 10.0 Å². The Labute approximate surface area is 149 Å². The van der Waals surface area contributed by atoms with Crippen molar-refractivity contribution in [2.75, 3.05) is 0 Å². The molecule has 0 bridgehead atoms. The Hall–Kier alpha value is -2.65. The quantitative estimate of drug-likeness (QED) is 0.393. The minimum atomic E-state index is -0.0378. The van der Waals surface area contributed by atoms with Gasteiger partial charge < -0.3 is 4.74 Å². The molecule has 0 N–H and O–H groups in total. The molecule has 0 aromatic heterocycles. The number of allylic oxidation sites excluding steroid dienone is 1. The maximum absolute atomic E-state index is 12.2. The summed E-state index contributed by atoms with van der Waals surface area (Å²) in [4.78, 5) is 12.2. The van der Waals surface area contributed by atoms with Gasteiger partial charge in [0.25, 0.3) is 0 Å². The van der Waals surface area contributed by atoms with Crippen molar-refractivity contribution in [3.05, 3.63) is 101 Å². The first-order chi connectivity index (χ1) is 11.7. The van der Waals surface area contributed by atoms with E-state index in [0.29, 0.717) is 11.3 Å². The molecular formula is C21H15BrO2. The summed E-state index contributed by atoms with van der Waals surface area (Å²) in [6, 6.07) is 24.5. The van der Waals surface area contributed by atoms with Crippen molar-refractivity contribution in [3.63, 3.8) is 0 Å². The highest BCUT2D eigenvalue weighted by Gasteiger charge is 2.03.